The van der Waals surface area contributed by atoms with E-state index in [4.69, 9.17) is 0 Å². The molecule has 3 atom stereocenters. The lowest BCUT2D eigenvalue weighted by Crippen LogP contribution is -2.37. The van der Waals surface area contributed by atoms with Crippen LogP contribution in [0.3, 0.4) is 0 Å². The summed E-state index contributed by atoms with van der Waals surface area (Å²) in [4.78, 5) is 0.577. The van der Waals surface area contributed by atoms with Gasteiger partial charge in [0.15, 0.2) is 0 Å². The highest BCUT2D eigenvalue weighted by Crippen LogP contribution is 2.45. The van der Waals surface area contributed by atoms with Crippen LogP contribution in [0.25, 0.3) is 0 Å². The molecule has 0 aromatic heterocycles. The zero-order chi connectivity index (χ0) is 14.9. The third-order valence-electron chi connectivity index (χ3n) is 4.72. The first kappa shape index (κ1) is 16.5. The van der Waals surface area contributed by atoms with Gasteiger partial charge in [0.25, 0.3) is 0 Å². The van der Waals surface area contributed by atoms with E-state index < -0.39 is 0 Å². The van der Waals surface area contributed by atoms with E-state index >= 15 is 0 Å². The van der Waals surface area contributed by atoms with Crippen molar-refractivity contribution in [3.05, 3.63) is 34.1 Å². The molecule has 1 aliphatic carbocycles. The standard InChI is InChI=1S/C17H23Br2F/c1-11-7-8-13(14(18)9-11)17(2,3)10-12-5-4-6-15(20)16(12)19/h4-6,11,13-14H,7-10H2,1-3H3. The van der Waals surface area contributed by atoms with Crippen LogP contribution in [-0.4, -0.2) is 4.83 Å². The molecule has 0 bridgehead atoms. The average Bonchev–Trinajstić information content (AvgIpc) is 2.34. The van der Waals surface area contributed by atoms with Gasteiger partial charge in [0.2, 0.25) is 0 Å². The first-order chi connectivity index (χ1) is 9.31. The largest absolute Gasteiger partial charge is 0.206 e. The Morgan fingerprint density at radius 1 is 1.30 bits per heavy atom. The molecule has 1 aromatic rings. The second kappa shape index (κ2) is 6.48. The summed E-state index contributed by atoms with van der Waals surface area (Å²) >= 11 is 7.29. The monoisotopic (exact) mass is 404 g/mol. The Balaban J connectivity index is 2.16. The Kier molecular flexibility index (Phi) is 5.34. The van der Waals surface area contributed by atoms with Crippen molar-refractivity contribution in [2.75, 3.05) is 0 Å². The van der Waals surface area contributed by atoms with Gasteiger partial charge in [0, 0.05) is 4.83 Å². The van der Waals surface area contributed by atoms with Gasteiger partial charge in [-0.3, -0.25) is 0 Å². The molecule has 0 aliphatic heterocycles. The fourth-order valence-corrected chi connectivity index (χ4v) is 5.52. The molecule has 0 nitrogen and oxygen atoms in total. The van der Waals surface area contributed by atoms with Crippen LogP contribution in [0.15, 0.2) is 22.7 Å². The maximum Gasteiger partial charge on any atom is 0.137 e. The molecule has 112 valence electrons. The quantitative estimate of drug-likeness (QED) is 0.513. The van der Waals surface area contributed by atoms with E-state index in [-0.39, 0.29) is 11.2 Å². The van der Waals surface area contributed by atoms with Gasteiger partial charge in [0.1, 0.15) is 5.82 Å². The maximum absolute atomic E-state index is 13.7. The minimum Gasteiger partial charge on any atom is -0.206 e. The summed E-state index contributed by atoms with van der Waals surface area (Å²) in [6, 6.07) is 5.35. The minimum absolute atomic E-state index is 0.161. The lowest BCUT2D eigenvalue weighted by molar-refractivity contribution is 0.146. The van der Waals surface area contributed by atoms with E-state index in [1.807, 2.05) is 6.07 Å². The molecule has 0 heterocycles. The van der Waals surface area contributed by atoms with Crippen molar-refractivity contribution in [1.82, 2.24) is 0 Å². The Morgan fingerprint density at radius 2 is 2.00 bits per heavy atom. The molecule has 0 amide bonds. The van der Waals surface area contributed by atoms with Crippen LogP contribution in [0.2, 0.25) is 0 Å². The van der Waals surface area contributed by atoms with E-state index in [2.05, 4.69) is 52.6 Å². The van der Waals surface area contributed by atoms with Crippen molar-refractivity contribution in [2.24, 2.45) is 17.3 Å². The summed E-state index contributed by atoms with van der Waals surface area (Å²) in [5.74, 6) is 1.30. The maximum atomic E-state index is 13.7. The van der Waals surface area contributed by atoms with Crippen molar-refractivity contribution in [1.29, 1.82) is 0 Å². The van der Waals surface area contributed by atoms with Gasteiger partial charge in [-0.1, -0.05) is 55.3 Å². The lowest BCUT2D eigenvalue weighted by Gasteiger charge is -2.42. The molecule has 3 unspecified atom stereocenters. The lowest BCUT2D eigenvalue weighted by atomic mass is 9.66. The molecule has 0 spiro atoms. The van der Waals surface area contributed by atoms with Crippen LogP contribution in [0.1, 0.15) is 45.6 Å². The highest BCUT2D eigenvalue weighted by Gasteiger charge is 2.38. The number of benzene rings is 1. The molecule has 20 heavy (non-hydrogen) atoms. The highest BCUT2D eigenvalue weighted by molar-refractivity contribution is 9.10. The van der Waals surface area contributed by atoms with Gasteiger partial charge >= 0.3 is 0 Å². The van der Waals surface area contributed by atoms with E-state index in [9.17, 15) is 4.39 Å². The van der Waals surface area contributed by atoms with Crippen molar-refractivity contribution in [3.8, 4) is 0 Å². The molecule has 1 aromatic carbocycles. The molecular weight excluding hydrogens is 383 g/mol. The highest BCUT2D eigenvalue weighted by atomic mass is 79.9. The Morgan fingerprint density at radius 3 is 2.65 bits per heavy atom. The first-order valence-corrected chi connectivity index (χ1v) is 9.09. The van der Waals surface area contributed by atoms with Gasteiger partial charge in [-0.15, -0.1) is 0 Å². The molecule has 1 aliphatic rings. The predicted octanol–water partition coefficient (Wildman–Crippen LogP) is 6.36. The third-order valence-corrected chi connectivity index (χ3v) is 6.62. The SMILES string of the molecule is CC1CCC(C(C)(C)Cc2cccc(F)c2Br)C(Br)C1. The van der Waals surface area contributed by atoms with Crippen LogP contribution < -0.4 is 0 Å². The predicted molar refractivity (Wildman–Crippen MR) is 90.8 cm³/mol. The Hall–Kier alpha value is 0.110. The summed E-state index contributed by atoms with van der Waals surface area (Å²) in [5.41, 5.74) is 1.25. The molecule has 0 N–H and O–H groups in total. The molecule has 0 saturated heterocycles. The van der Waals surface area contributed by atoms with Crippen molar-refractivity contribution in [2.45, 2.75) is 51.3 Å². The second-order valence-corrected chi connectivity index (χ2v) is 8.89. The van der Waals surface area contributed by atoms with Crippen molar-refractivity contribution >= 4 is 31.9 Å². The average molecular weight is 406 g/mol. The van der Waals surface area contributed by atoms with Crippen LogP contribution in [-0.2, 0) is 6.42 Å². The summed E-state index contributed by atoms with van der Waals surface area (Å²) in [5, 5.41) is 0. The molecule has 1 saturated carbocycles. The van der Waals surface area contributed by atoms with E-state index in [0.717, 1.165) is 17.9 Å². The number of alkyl halides is 1. The van der Waals surface area contributed by atoms with Crippen LogP contribution in [0.4, 0.5) is 4.39 Å². The third kappa shape index (κ3) is 3.65. The molecule has 0 radical (unpaired) electrons. The van der Waals surface area contributed by atoms with E-state index in [1.165, 1.54) is 25.3 Å². The topological polar surface area (TPSA) is 0 Å². The van der Waals surface area contributed by atoms with Gasteiger partial charge in [-0.05, 0) is 64.1 Å². The molecule has 1 fully saturated rings. The fraction of sp³-hybridized carbons (Fsp3) is 0.647. The summed E-state index contributed by atoms with van der Waals surface area (Å²) < 4.78 is 14.3. The van der Waals surface area contributed by atoms with Gasteiger partial charge in [-0.2, -0.15) is 0 Å². The van der Waals surface area contributed by atoms with E-state index in [1.54, 1.807) is 6.07 Å². The van der Waals surface area contributed by atoms with Crippen LogP contribution in [0.5, 0.6) is 0 Å². The molecule has 2 rings (SSSR count). The normalized spacial score (nSPS) is 27.6. The van der Waals surface area contributed by atoms with Crippen LogP contribution >= 0.6 is 31.9 Å². The number of hydrogen-bond acceptors (Lipinski definition) is 0. The summed E-state index contributed by atoms with van der Waals surface area (Å²) in [6.07, 6.45) is 4.72. The second-order valence-electron chi connectivity index (χ2n) is 6.92. The number of rotatable bonds is 3. The van der Waals surface area contributed by atoms with Gasteiger partial charge in [0.05, 0.1) is 4.47 Å². The molecule has 3 heteroatoms. The fourth-order valence-electron chi connectivity index (χ4n) is 3.50. The first-order valence-electron chi connectivity index (χ1n) is 7.38. The smallest absolute Gasteiger partial charge is 0.137 e. The Bertz CT molecular complexity index is 470. The summed E-state index contributed by atoms with van der Waals surface area (Å²) in [6.45, 7) is 6.97. The zero-order valence-corrected chi connectivity index (χ0v) is 15.6. The van der Waals surface area contributed by atoms with E-state index in [0.29, 0.717) is 15.2 Å². The molecular formula is C17H23Br2F. The van der Waals surface area contributed by atoms with Gasteiger partial charge in [-0.25, -0.2) is 4.39 Å². The number of hydrogen-bond donors (Lipinski definition) is 0. The Labute approximate surface area is 138 Å². The summed E-state index contributed by atoms with van der Waals surface area (Å²) in [7, 11) is 0. The zero-order valence-electron chi connectivity index (χ0n) is 12.4. The number of halogens is 3. The van der Waals surface area contributed by atoms with Crippen LogP contribution in [0, 0.1) is 23.1 Å². The minimum atomic E-state index is -0.161. The van der Waals surface area contributed by atoms with Gasteiger partial charge < -0.3 is 0 Å². The van der Waals surface area contributed by atoms with Crippen molar-refractivity contribution < 1.29 is 4.39 Å². The van der Waals surface area contributed by atoms with Crippen molar-refractivity contribution in [3.63, 3.8) is 0 Å².